The molecule has 19 heavy (non-hydrogen) atoms. The van der Waals surface area contributed by atoms with Gasteiger partial charge < -0.3 is 16.0 Å². The second-order valence-corrected chi connectivity index (χ2v) is 4.55. The predicted molar refractivity (Wildman–Crippen MR) is 83.3 cm³/mol. The monoisotopic (exact) mass is 305 g/mol. The van der Waals surface area contributed by atoms with Crippen LogP contribution in [-0.4, -0.2) is 37.0 Å². The fraction of sp³-hybridized carbons (Fsp3) is 0.462. The molecule has 4 nitrogen and oxygen atoms in total. The maximum atomic E-state index is 11.8. The van der Waals surface area contributed by atoms with Crippen molar-refractivity contribution in [2.75, 3.05) is 25.9 Å². The highest BCUT2D eigenvalue weighted by Crippen LogP contribution is 2.24. The van der Waals surface area contributed by atoms with Gasteiger partial charge in [-0.3, -0.25) is 4.79 Å². The third-order valence-electron chi connectivity index (χ3n) is 3.13. The van der Waals surface area contributed by atoms with Crippen LogP contribution in [0.25, 0.3) is 0 Å². The van der Waals surface area contributed by atoms with E-state index in [1.165, 1.54) is 12.8 Å². The van der Waals surface area contributed by atoms with Gasteiger partial charge >= 0.3 is 0 Å². The Balaban J connectivity index is 0.00000162. The number of anilines is 1. The average molecular weight is 306 g/mol. The Morgan fingerprint density at radius 2 is 2.00 bits per heavy atom. The molecule has 0 aliphatic heterocycles. The van der Waals surface area contributed by atoms with Gasteiger partial charge in [0.15, 0.2) is 0 Å². The van der Waals surface area contributed by atoms with Crippen molar-refractivity contribution in [3.8, 4) is 0 Å². The third-order valence-corrected chi connectivity index (χ3v) is 3.13. The zero-order valence-electron chi connectivity index (χ0n) is 11.0. The molecule has 0 heterocycles. The normalized spacial score (nSPS) is 13.4. The molecule has 0 bridgehead atoms. The SMILES string of the molecule is CN(CCNC(=O)c1ccccc1N)C1CC1.Cl.Cl. The van der Waals surface area contributed by atoms with E-state index in [1.54, 1.807) is 12.1 Å². The number of nitrogens with two attached hydrogens (primary N) is 1. The Bertz CT molecular complexity index is 411. The maximum absolute atomic E-state index is 11.8. The summed E-state index contributed by atoms with van der Waals surface area (Å²) in [5.41, 5.74) is 6.83. The number of carbonyl (C=O) groups excluding carboxylic acids is 1. The van der Waals surface area contributed by atoms with E-state index in [0.717, 1.165) is 12.6 Å². The molecular formula is C13H21Cl2N3O. The van der Waals surface area contributed by atoms with Crippen molar-refractivity contribution in [2.24, 2.45) is 0 Å². The fourth-order valence-corrected chi connectivity index (χ4v) is 1.84. The van der Waals surface area contributed by atoms with Crippen molar-refractivity contribution in [3.05, 3.63) is 29.8 Å². The quantitative estimate of drug-likeness (QED) is 0.817. The number of nitrogens with one attached hydrogen (secondary N) is 1. The Kier molecular flexibility index (Phi) is 7.83. The Morgan fingerprint density at radius 3 is 2.58 bits per heavy atom. The highest BCUT2D eigenvalue weighted by Gasteiger charge is 2.25. The molecule has 1 fully saturated rings. The van der Waals surface area contributed by atoms with Crippen molar-refractivity contribution >= 4 is 36.4 Å². The van der Waals surface area contributed by atoms with Gasteiger partial charge in [-0.15, -0.1) is 24.8 Å². The number of halogens is 2. The molecule has 6 heteroatoms. The highest BCUT2D eigenvalue weighted by molar-refractivity contribution is 5.99. The lowest BCUT2D eigenvalue weighted by Gasteiger charge is -2.15. The number of hydrogen-bond acceptors (Lipinski definition) is 3. The van der Waals surface area contributed by atoms with Crippen LogP contribution >= 0.6 is 24.8 Å². The molecule has 0 radical (unpaired) electrons. The second-order valence-electron chi connectivity index (χ2n) is 4.55. The number of nitrogen functional groups attached to an aromatic ring is 1. The number of nitrogens with zero attached hydrogens (tertiary/aromatic N) is 1. The van der Waals surface area contributed by atoms with Crippen LogP contribution in [0, 0.1) is 0 Å². The first-order chi connectivity index (χ1) is 8.18. The summed E-state index contributed by atoms with van der Waals surface area (Å²) in [5.74, 6) is -0.0905. The van der Waals surface area contributed by atoms with Crippen LogP contribution in [0.5, 0.6) is 0 Å². The van der Waals surface area contributed by atoms with E-state index in [9.17, 15) is 4.79 Å². The van der Waals surface area contributed by atoms with Gasteiger partial charge in [0, 0.05) is 24.8 Å². The molecule has 1 amide bonds. The summed E-state index contributed by atoms with van der Waals surface area (Å²) in [6, 6.07) is 7.86. The summed E-state index contributed by atoms with van der Waals surface area (Å²) < 4.78 is 0. The molecular weight excluding hydrogens is 285 g/mol. The van der Waals surface area contributed by atoms with E-state index in [0.29, 0.717) is 17.8 Å². The number of rotatable bonds is 5. The number of benzene rings is 1. The first-order valence-corrected chi connectivity index (χ1v) is 6.01. The molecule has 0 saturated heterocycles. The van der Waals surface area contributed by atoms with Crippen LogP contribution in [0.4, 0.5) is 5.69 Å². The van der Waals surface area contributed by atoms with Crippen molar-refractivity contribution in [1.82, 2.24) is 10.2 Å². The van der Waals surface area contributed by atoms with E-state index < -0.39 is 0 Å². The number of amides is 1. The van der Waals surface area contributed by atoms with Crippen molar-refractivity contribution in [3.63, 3.8) is 0 Å². The Labute approximate surface area is 126 Å². The van der Waals surface area contributed by atoms with E-state index in [4.69, 9.17) is 5.73 Å². The minimum Gasteiger partial charge on any atom is -0.398 e. The van der Waals surface area contributed by atoms with Gasteiger partial charge in [-0.2, -0.15) is 0 Å². The Morgan fingerprint density at radius 1 is 1.37 bits per heavy atom. The van der Waals surface area contributed by atoms with E-state index in [-0.39, 0.29) is 30.7 Å². The molecule has 2 rings (SSSR count). The highest BCUT2D eigenvalue weighted by atomic mass is 35.5. The predicted octanol–water partition coefficient (Wildman–Crippen LogP) is 1.94. The zero-order valence-corrected chi connectivity index (χ0v) is 12.6. The summed E-state index contributed by atoms with van der Waals surface area (Å²) >= 11 is 0. The summed E-state index contributed by atoms with van der Waals surface area (Å²) in [6.45, 7) is 1.56. The van der Waals surface area contributed by atoms with Crippen LogP contribution in [-0.2, 0) is 0 Å². The van der Waals surface area contributed by atoms with E-state index in [1.807, 2.05) is 12.1 Å². The molecule has 3 N–H and O–H groups in total. The third kappa shape index (κ3) is 5.27. The van der Waals surface area contributed by atoms with Crippen molar-refractivity contribution in [2.45, 2.75) is 18.9 Å². The number of para-hydroxylation sites is 1. The van der Waals surface area contributed by atoms with Crippen molar-refractivity contribution < 1.29 is 4.79 Å². The van der Waals surface area contributed by atoms with Gasteiger partial charge in [0.25, 0.3) is 5.91 Å². The lowest BCUT2D eigenvalue weighted by atomic mass is 10.1. The van der Waals surface area contributed by atoms with Gasteiger partial charge in [-0.25, -0.2) is 0 Å². The molecule has 0 unspecified atom stereocenters. The average Bonchev–Trinajstić information content (AvgIpc) is 3.13. The summed E-state index contributed by atoms with van der Waals surface area (Å²) in [6.07, 6.45) is 2.58. The number of likely N-dealkylation sites (N-methyl/N-ethyl adjacent to an activating group) is 1. The standard InChI is InChI=1S/C13H19N3O.2ClH/c1-16(10-6-7-10)9-8-15-13(17)11-4-2-3-5-12(11)14;;/h2-5,10H,6-9,14H2,1H3,(H,15,17);2*1H. The first-order valence-electron chi connectivity index (χ1n) is 6.01. The minimum atomic E-state index is -0.0905. The lowest BCUT2D eigenvalue weighted by Crippen LogP contribution is -2.34. The van der Waals surface area contributed by atoms with E-state index in [2.05, 4.69) is 17.3 Å². The van der Waals surface area contributed by atoms with Gasteiger partial charge in [-0.05, 0) is 32.0 Å². The summed E-state index contributed by atoms with van der Waals surface area (Å²) in [4.78, 5) is 14.1. The largest absolute Gasteiger partial charge is 0.398 e. The summed E-state index contributed by atoms with van der Waals surface area (Å²) in [7, 11) is 2.10. The molecule has 1 aliphatic rings. The molecule has 1 aliphatic carbocycles. The van der Waals surface area contributed by atoms with Gasteiger partial charge in [-0.1, -0.05) is 12.1 Å². The number of hydrogen-bond donors (Lipinski definition) is 2. The molecule has 108 valence electrons. The fourth-order valence-electron chi connectivity index (χ4n) is 1.84. The van der Waals surface area contributed by atoms with Crippen LogP contribution in [0.1, 0.15) is 23.2 Å². The molecule has 1 saturated carbocycles. The summed E-state index contributed by atoms with van der Waals surface area (Å²) in [5, 5.41) is 2.89. The molecule has 1 aromatic rings. The van der Waals surface area contributed by atoms with Gasteiger partial charge in [0.1, 0.15) is 0 Å². The zero-order chi connectivity index (χ0) is 12.3. The van der Waals surface area contributed by atoms with Crippen LogP contribution in [0.3, 0.4) is 0 Å². The molecule has 0 spiro atoms. The topological polar surface area (TPSA) is 58.4 Å². The molecule has 0 atom stereocenters. The first kappa shape index (κ1) is 18.0. The van der Waals surface area contributed by atoms with Crippen LogP contribution in [0.2, 0.25) is 0 Å². The molecule has 0 aromatic heterocycles. The van der Waals surface area contributed by atoms with Crippen LogP contribution in [0.15, 0.2) is 24.3 Å². The smallest absolute Gasteiger partial charge is 0.253 e. The lowest BCUT2D eigenvalue weighted by molar-refractivity contribution is 0.0950. The second kappa shape index (κ2) is 8.25. The maximum Gasteiger partial charge on any atom is 0.253 e. The van der Waals surface area contributed by atoms with Crippen molar-refractivity contribution in [1.29, 1.82) is 0 Å². The Hall–Kier alpha value is -0.970. The van der Waals surface area contributed by atoms with E-state index >= 15 is 0 Å². The minimum absolute atomic E-state index is 0. The van der Waals surface area contributed by atoms with Gasteiger partial charge in [0.05, 0.1) is 5.56 Å². The molecule has 1 aromatic carbocycles. The van der Waals surface area contributed by atoms with Crippen LogP contribution < -0.4 is 11.1 Å². The van der Waals surface area contributed by atoms with Gasteiger partial charge in [0.2, 0.25) is 0 Å². The number of carbonyl (C=O) groups is 1.